The Morgan fingerprint density at radius 3 is 2.10 bits per heavy atom. The Morgan fingerprint density at radius 1 is 1.06 bits per heavy atom. The van der Waals surface area contributed by atoms with Gasteiger partial charge >= 0.3 is 5.97 Å². The van der Waals surface area contributed by atoms with Crippen LogP contribution < -0.4 is 5.73 Å². The van der Waals surface area contributed by atoms with E-state index in [4.69, 9.17) is 30.5 Å². The third kappa shape index (κ3) is 33.0. The number of carboxylic acids is 2. The van der Waals surface area contributed by atoms with Crippen LogP contribution in [0.1, 0.15) is 39.0 Å². The first kappa shape index (κ1) is 36.3. The fraction of sp³-hybridized carbons (Fsp3) is 0.789. The van der Waals surface area contributed by atoms with Crippen molar-refractivity contribution >= 4 is 33.5 Å². The van der Waals surface area contributed by atoms with Crippen molar-refractivity contribution < 1.29 is 83.6 Å². The summed E-state index contributed by atoms with van der Waals surface area (Å²) in [6.45, 7) is 7.28. The second-order valence-corrected chi connectivity index (χ2v) is 8.98. The van der Waals surface area contributed by atoms with Gasteiger partial charge in [-0.3, -0.25) is 16.0 Å². The SMILES string of the molecule is NC(CCSSCC[CH-]C(=O)O)C(=O)O.[Ac].[CH2-]C(O)COCCCCOCC(O)CC. The number of rotatable bonds is 19. The van der Waals surface area contributed by atoms with Crippen molar-refractivity contribution in [3.8, 4) is 0 Å². The van der Waals surface area contributed by atoms with Crippen LogP contribution >= 0.6 is 21.6 Å². The quantitative estimate of drug-likeness (QED) is 0.0759. The third-order valence-electron chi connectivity index (χ3n) is 3.35. The monoisotopic (exact) mass is 698 g/mol. The molecule has 0 aliphatic rings. The molecule has 0 bridgehead atoms. The number of hydrogen-bond acceptors (Lipinski definition) is 9. The van der Waals surface area contributed by atoms with Gasteiger partial charge in [0.05, 0.1) is 12.7 Å². The number of hydrogen-bond donors (Lipinski definition) is 5. The average Bonchev–Trinajstić information content (AvgIpc) is 2.68. The van der Waals surface area contributed by atoms with Crippen molar-refractivity contribution in [1.82, 2.24) is 0 Å². The van der Waals surface area contributed by atoms with Crippen LogP contribution in [0.25, 0.3) is 0 Å². The van der Waals surface area contributed by atoms with Crippen molar-refractivity contribution in [1.29, 1.82) is 0 Å². The van der Waals surface area contributed by atoms with Gasteiger partial charge in [0.15, 0.2) is 5.97 Å². The van der Waals surface area contributed by atoms with Gasteiger partial charge < -0.3 is 42.6 Å². The average molecular weight is 699 g/mol. The first-order valence-corrected chi connectivity index (χ1v) is 12.3. The number of carboxylic acid groups (broad SMARTS) is 2. The standard InChI is InChI=1S/C11H23O4.C8H14NO4S2.Ac/c1-3-11(13)9-15-7-5-4-6-14-8-10(2)12;9-6(8(12)13)3-5-15-14-4-1-2-7(10)11;/h10-13H,2-9H2,1H3;2,6H,1,3-5,9H2,(H,10,11)(H,12,13);/q2*-1;. The zero-order chi connectivity index (χ0) is 23.2. The minimum Gasteiger partial charge on any atom is -0.503 e. The summed E-state index contributed by atoms with van der Waals surface area (Å²) in [5.74, 6) is -0.530. The van der Waals surface area contributed by atoms with E-state index in [1.807, 2.05) is 6.92 Å². The normalized spacial score (nSPS) is 13.2. The maximum atomic E-state index is 10.3. The molecule has 31 heavy (non-hydrogen) atoms. The molecule has 0 heterocycles. The van der Waals surface area contributed by atoms with Crippen molar-refractivity contribution in [3.63, 3.8) is 0 Å². The van der Waals surface area contributed by atoms with Gasteiger partial charge in [0.2, 0.25) is 0 Å². The molecular weight excluding hydrogens is 661 g/mol. The molecule has 12 heteroatoms. The molecule has 0 saturated heterocycles. The van der Waals surface area contributed by atoms with E-state index in [0.29, 0.717) is 44.2 Å². The van der Waals surface area contributed by atoms with Gasteiger partial charge in [-0.05, 0) is 37.5 Å². The van der Waals surface area contributed by atoms with Gasteiger partial charge in [-0.25, -0.2) is 0 Å². The van der Waals surface area contributed by atoms with E-state index in [2.05, 4.69) is 6.92 Å². The summed E-state index contributed by atoms with van der Waals surface area (Å²) in [6, 6.07) is -0.802. The second kappa shape index (κ2) is 27.0. The van der Waals surface area contributed by atoms with Crippen LogP contribution in [0.2, 0.25) is 0 Å². The van der Waals surface area contributed by atoms with E-state index < -0.39 is 24.1 Å². The summed E-state index contributed by atoms with van der Waals surface area (Å²) in [7, 11) is 3.03. The third-order valence-corrected chi connectivity index (χ3v) is 5.82. The molecular formula is C19H37AcNO8S2-2. The van der Waals surface area contributed by atoms with Gasteiger partial charge in [0, 0.05) is 69.6 Å². The number of nitrogens with two attached hydrogens (primary N) is 1. The number of aliphatic carboxylic acids is 2. The summed E-state index contributed by atoms with van der Waals surface area (Å²) >= 11 is 0. The zero-order valence-corrected chi connectivity index (χ0v) is 24.6. The molecule has 6 N–H and O–H groups in total. The van der Waals surface area contributed by atoms with Crippen LogP contribution in [-0.4, -0.2) is 88.5 Å². The number of carbonyl (C=O) groups is 2. The topological polar surface area (TPSA) is 160 Å². The zero-order valence-electron chi connectivity index (χ0n) is 18.2. The van der Waals surface area contributed by atoms with Crippen LogP contribution in [0, 0.1) is 57.4 Å². The van der Waals surface area contributed by atoms with Gasteiger partial charge in [0.25, 0.3) is 0 Å². The van der Waals surface area contributed by atoms with E-state index in [0.717, 1.165) is 19.3 Å². The molecule has 0 aromatic carbocycles. The summed E-state index contributed by atoms with van der Waals surface area (Å²) in [6.07, 6.45) is 3.69. The molecule has 1 radical (unpaired) electrons. The smallest absolute Gasteiger partial charge is 0.320 e. The maximum absolute atomic E-state index is 10.3. The van der Waals surface area contributed by atoms with E-state index >= 15 is 0 Å². The Balaban J connectivity index is -0.000000490. The fourth-order valence-electron chi connectivity index (χ4n) is 1.61. The largest absolute Gasteiger partial charge is 0.503 e. The molecule has 3 unspecified atom stereocenters. The molecule has 0 aliphatic heterocycles. The molecule has 9 nitrogen and oxygen atoms in total. The molecule has 0 amide bonds. The number of unbranched alkanes of at least 4 members (excludes halogenated alkanes) is 1. The van der Waals surface area contributed by atoms with Crippen LogP contribution in [0.15, 0.2) is 0 Å². The minimum atomic E-state index is -0.986. The van der Waals surface area contributed by atoms with Gasteiger partial charge in [-0.2, -0.15) is 0 Å². The summed E-state index contributed by atoms with van der Waals surface area (Å²) < 4.78 is 10.4. The van der Waals surface area contributed by atoms with Gasteiger partial charge in [-0.15, -0.1) is 6.42 Å². The number of aliphatic hydroxyl groups is 2. The Hall–Kier alpha value is 0.752. The Labute approximate surface area is 229 Å². The summed E-state index contributed by atoms with van der Waals surface area (Å²) in [5.41, 5.74) is 5.29. The molecule has 0 spiro atoms. The number of ether oxygens (including phenoxy) is 2. The van der Waals surface area contributed by atoms with Crippen LogP contribution in [-0.2, 0) is 19.1 Å². The van der Waals surface area contributed by atoms with Gasteiger partial charge in [-0.1, -0.05) is 28.5 Å². The molecule has 0 aromatic heterocycles. The molecule has 0 aromatic rings. The van der Waals surface area contributed by atoms with Crippen LogP contribution in [0.4, 0.5) is 0 Å². The molecule has 183 valence electrons. The number of aliphatic hydroxyl groups excluding tert-OH is 2. The maximum Gasteiger partial charge on any atom is 0.320 e. The van der Waals surface area contributed by atoms with E-state index in [1.54, 1.807) is 0 Å². The van der Waals surface area contributed by atoms with Crippen molar-refractivity contribution in [2.24, 2.45) is 5.73 Å². The summed E-state index contributed by atoms with van der Waals surface area (Å²) in [5, 5.41) is 34.7. The van der Waals surface area contributed by atoms with E-state index in [9.17, 15) is 14.7 Å². The molecule has 0 saturated carbocycles. The van der Waals surface area contributed by atoms with Crippen LogP contribution in [0.3, 0.4) is 0 Å². The predicted molar refractivity (Wildman–Crippen MR) is 120 cm³/mol. The van der Waals surface area contributed by atoms with E-state index in [1.165, 1.54) is 28.0 Å². The molecule has 0 rings (SSSR count). The van der Waals surface area contributed by atoms with Crippen LogP contribution in [0.5, 0.6) is 0 Å². The Kier molecular flexibility index (Phi) is 31.6. The predicted octanol–water partition coefficient (Wildman–Crippen LogP) is 1.61. The molecule has 3 atom stereocenters. The first-order chi connectivity index (χ1) is 14.2. The Bertz CT molecular complexity index is 422. The molecule has 0 aliphatic carbocycles. The van der Waals surface area contributed by atoms with Gasteiger partial charge in [0.1, 0.15) is 6.04 Å². The van der Waals surface area contributed by atoms with Crippen molar-refractivity contribution in [2.45, 2.75) is 57.3 Å². The van der Waals surface area contributed by atoms with E-state index in [-0.39, 0.29) is 56.8 Å². The second-order valence-electron chi connectivity index (χ2n) is 6.28. The Morgan fingerprint density at radius 2 is 1.61 bits per heavy atom. The van der Waals surface area contributed by atoms with Crippen molar-refractivity contribution in [3.05, 3.63) is 13.3 Å². The summed E-state index contributed by atoms with van der Waals surface area (Å²) in [4.78, 5) is 20.4. The van der Waals surface area contributed by atoms with Crippen molar-refractivity contribution in [2.75, 3.05) is 37.9 Å². The molecule has 0 fully saturated rings. The first-order valence-electron chi connectivity index (χ1n) is 9.84. The fourth-order valence-corrected chi connectivity index (χ4v) is 3.70. The minimum absolute atomic E-state index is 0.